The fraction of sp³-hybridized carbons (Fsp3) is 0.333. The van der Waals surface area contributed by atoms with E-state index in [1.54, 1.807) is 18.2 Å². The van der Waals surface area contributed by atoms with Gasteiger partial charge in [-0.3, -0.25) is 4.79 Å². The van der Waals surface area contributed by atoms with Gasteiger partial charge in [-0.2, -0.15) is 0 Å². The Morgan fingerprint density at radius 2 is 2.08 bits per heavy atom. The predicted molar refractivity (Wildman–Crippen MR) is 89.3 cm³/mol. The van der Waals surface area contributed by atoms with E-state index >= 15 is 4.39 Å². The van der Waals surface area contributed by atoms with Crippen LogP contribution >= 0.6 is 0 Å². The highest BCUT2D eigenvalue weighted by atomic mass is 19.1. The van der Waals surface area contributed by atoms with Gasteiger partial charge in [-0.1, -0.05) is 5.16 Å². The number of morpholine rings is 1. The SMILES string of the molecule is C[C@@H]1CN(c2c(C=O)cc3c(-c4ccco4)noc3c2F)C[C@H](C)O1. The fourth-order valence-electron chi connectivity index (χ4n) is 3.41. The van der Waals surface area contributed by atoms with E-state index in [1.165, 1.54) is 6.26 Å². The van der Waals surface area contributed by atoms with Crippen LogP contribution in [0.15, 0.2) is 33.4 Å². The van der Waals surface area contributed by atoms with Crippen molar-refractivity contribution in [2.75, 3.05) is 18.0 Å². The van der Waals surface area contributed by atoms with Crippen LogP contribution in [0.3, 0.4) is 0 Å². The van der Waals surface area contributed by atoms with Gasteiger partial charge in [0.2, 0.25) is 5.58 Å². The van der Waals surface area contributed by atoms with Crippen molar-refractivity contribution in [3.05, 3.63) is 35.8 Å². The number of ether oxygens (including phenoxy) is 1. The van der Waals surface area contributed by atoms with Crippen LogP contribution in [-0.4, -0.2) is 36.7 Å². The minimum Gasteiger partial charge on any atom is -0.463 e. The number of carbonyl (C=O) groups is 1. The van der Waals surface area contributed by atoms with E-state index in [2.05, 4.69) is 5.16 Å². The summed E-state index contributed by atoms with van der Waals surface area (Å²) in [7, 11) is 0. The maximum atomic E-state index is 15.2. The molecule has 1 aliphatic heterocycles. The van der Waals surface area contributed by atoms with Crippen LogP contribution in [-0.2, 0) is 4.74 Å². The third-order valence-electron chi connectivity index (χ3n) is 4.33. The highest BCUT2D eigenvalue weighted by molar-refractivity contribution is 5.99. The quantitative estimate of drug-likeness (QED) is 0.676. The standard InChI is InChI=1S/C18H17FN2O4/c1-10-7-21(8-11(2)24-10)17-12(9-22)6-13-16(14-4-3-5-23-14)20-25-18(13)15(17)19/h3-6,9-11H,7-8H2,1-2H3/t10-,11+. The first-order chi connectivity index (χ1) is 12.1. The molecule has 1 aliphatic rings. The van der Waals surface area contributed by atoms with Gasteiger partial charge >= 0.3 is 0 Å². The third kappa shape index (κ3) is 2.60. The van der Waals surface area contributed by atoms with Crippen LogP contribution in [0.2, 0.25) is 0 Å². The number of anilines is 1. The summed E-state index contributed by atoms with van der Waals surface area (Å²) in [5.74, 6) is -0.137. The number of hydrogen-bond donors (Lipinski definition) is 0. The van der Waals surface area contributed by atoms with Crippen LogP contribution in [0, 0.1) is 5.82 Å². The van der Waals surface area contributed by atoms with E-state index < -0.39 is 5.82 Å². The number of nitrogens with zero attached hydrogens (tertiary/aromatic N) is 2. The summed E-state index contributed by atoms with van der Waals surface area (Å²) in [4.78, 5) is 13.5. The molecule has 0 N–H and O–H groups in total. The van der Waals surface area contributed by atoms with Crippen LogP contribution in [0.4, 0.5) is 10.1 Å². The molecule has 2 atom stereocenters. The molecule has 7 heteroatoms. The summed E-state index contributed by atoms with van der Waals surface area (Å²) in [5, 5.41) is 4.33. The number of rotatable bonds is 3. The minimum atomic E-state index is -0.591. The average Bonchev–Trinajstić information content (AvgIpc) is 3.22. The van der Waals surface area contributed by atoms with Gasteiger partial charge in [-0.25, -0.2) is 4.39 Å². The number of carbonyl (C=O) groups excluding carboxylic acids is 1. The van der Waals surface area contributed by atoms with Crippen molar-refractivity contribution in [1.82, 2.24) is 5.16 Å². The summed E-state index contributed by atoms with van der Waals surface area (Å²) in [6, 6.07) is 5.01. The molecular formula is C18H17FN2O4. The Hall–Kier alpha value is -2.67. The monoisotopic (exact) mass is 344 g/mol. The number of fused-ring (bicyclic) bond motifs is 1. The van der Waals surface area contributed by atoms with Gasteiger partial charge in [-0.05, 0) is 32.0 Å². The lowest BCUT2D eigenvalue weighted by Gasteiger charge is -2.37. The first-order valence-electron chi connectivity index (χ1n) is 8.09. The zero-order valence-corrected chi connectivity index (χ0v) is 13.9. The lowest BCUT2D eigenvalue weighted by Crippen LogP contribution is -2.46. The van der Waals surface area contributed by atoms with Gasteiger partial charge in [0.15, 0.2) is 23.6 Å². The normalized spacial score (nSPS) is 21.0. The molecule has 2 aromatic heterocycles. The molecule has 0 amide bonds. The second-order valence-corrected chi connectivity index (χ2v) is 6.29. The molecule has 0 saturated carbocycles. The van der Waals surface area contributed by atoms with E-state index in [0.29, 0.717) is 36.2 Å². The van der Waals surface area contributed by atoms with Gasteiger partial charge in [0, 0.05) is 18.7 Å². The number of halogens is 1. The van der Waals surface area contributed by atoms with Crippen LogP contribution in [0.25, 0.3) is 22.4 Å². The van der Waals surface area contributed by atoms with E-state index in [-0.39, 0.29) is 29.0 Å². The zero-order chi connectivity index (χ0) is 17.6. The Labute approximate surface area is 143 Å². The Morgan fingerprint density at radius 1 is 1.32 bits per heavy atom. The highest BCUT2D eigenvalue weighted by Crippen LogP contribution is 2.37. The minimum absolute atomic E-state index is 0.0128. The van der Waals surface area contributed by atoms with E-state index in [0.717, 1.165) is 0 Å². The molecular weight excluding hydrogens is 327 g/mol. The molecule has 0 aliphatic carbocycles. The predicted octanol–water partition coefficient (Wildman–Crippen LogP) is 3.65. The van der Waals surface area contributed by atoms with Crippen molar-refractivity contribution in [2.45, 2.75) is 26.1 Å². The second kappa shape index (κ2) is 6.00. The van der Waals surface area contributed by atoms with Crippen molar-refractivity contribution in [2.24, 2.45) is 0 Å². The van der Waals surface area contributed by atoms with Crippen molar-refractivity contribution in [3.63, 3.8) is 0 Å². The molecule has 25 heavy (non-hydrogen) atoms. The Kier molecular flexibility index (Phi) is 3.80. The van der Waals surface area contributed by atoms with E-state index in [1.807, 2.05) is 18.7 Å². The molecule has 1 aromatic carbocycles. The first-order valence-corrected chi connectivity index (χ1v) is 8.09. The average molecular weight is 344 g/mol. The molecule has 4 rings (SSSR count). The smallest absolute Gasteiger partial charge is 0.205 e. The van der Waals surface area contributed by atoms with Crippen molar-refractivity contribution >= 4 is 22.9 Å². The molecule has 130 valence electrons. The Bertz CT molecular complexity index is 909. The zero-order valence-electron chi connectivity index (χ0n) is 13.9. The number of furan rings is 1. The molecule has 0 radical (unpaired) electrons. The van der Waals surface area contributed by atoms with E-state index in [4.69, 9.17) is 13.7 Å². The van der Waals surface area contributed by atoms with Crippen LogP contribution < -0.4 is 4.90 Å². The molecule has 3 heterocycles. The lowest BCUT2D eigenvalue weighted by molar-refractivity contribution is -0.00543. The van der Waals surface area contributed by atoms with Crippen molar-refractivity contribution < 1.29 is 22.9 Å². The molecule has 6 nitrogen and oxygen atoms in total. The first kappa shape index (κ1) is 15.8. The van der Waals surface area contributed by atoms with Gasteiger partial charge in [0.1, 0.15) is 0 Å². The summed E-state index contributed by atoms with van der Waals surface area (Å²) >= 11 is 0. The largest absolute Gasteiger partial charge is 0.463 e. The molecule has 0 unspecified atom stereocenters. The topological polar surface area (TPSA) is 68.7 Å². The number of aromatic nitrogens is 1. The summed E-state index contributed by atoms with van der Waals surface area (Å²) in [5.41, 5.74) is 0.866. The summed E-state index contributed by atoms with van der Waals surface area (Å²) < 4.78 is 31.4. The Balaban J connectivity index is 1.88. The number of benzene rings is 1. The van der Waals surface area contributed by atoms with Gasteiger partial charge in [-0.15, -0.1) is 0 Å². The number of aldehydes is 1. The van der Waals surface area contributed by atoms with Crippen molar-refractivity contribution in [3.8, 4) is 11.5 Å². The molecule has 1 saturated heterocycles. The second-order valence-electron chi connectivity index (χ2n) is 6.29. The molecule has 3 aromatic rings. The summed E-state index contributed by atoms with van der Waals surface area (Å²) in [6.07, 6.45) is 2.03. The van der Waals surface area contributed by atoms with Crippen LogP contribution in [0.1, 0.15) is 24.2 Å². The van der Waals surface area contributed by atoms with Gasteiger partial charge in [0.25, 0.3) is 0 Å². The Morgan fingerprint density at radius 3 is 2.72 bits per heavy atom. The highest BCUT2D eigenvalue weighted by Gasteiger charge is 2.29. The molecule has 1 fully saturated rings. The summed E-state index contributed by atoms with van der Waals surface area (Å²) in [6.45, 7) is 4.83. The fourth-order valence-corrected chi connectivity index (χ4v) is 3.41. The molecule has 0 bridgehead atoms. The molecule has 0 spiro atoms. The third-order valence-corrected chi connectivity index (χ3v) is 4.33. The van der Waals surface area contributed by atoms with Gasteiger partial charge < -0.3 is 18.6 Å². The number of hydrogen-bond acceptors (Lipinski definition) is 6. The van der Waals surface area contributed by atoms with Crippen LogP contribution in [0.5, 0.6) is 0 Å². The lowest BCUT2D eigenvalue weighted by atomic mass is 10.1. The maximum absolute atomic E-state index is 15.2. The maximum Gasteiger partial charge on any atom is 0.205 e. The van der Waals surface area contributed by atoms with Gasteiger partial charge in [0.05, 0.1) is 29.5 Å². The van der Waals surface area contributed by atoms with E-state index in [9.17, 15) is 4.79 Å². The van der Waals surface area contributed by atoms with Crippen molar-refractivity contribution in [1.29, 1.82) is 0 Å².